The van der Waals surface area contributed by atoms with Gasteiger partial charge in [-0.05, 0) is 37.6 Å². The Labute approximate surface area is 118 Å². The van der Waals surface area contributed by atoms with E-state index in [0.29, 0.717) is 23.8 Å². The normalized spacial score (nSPS) is 27.3. The molecule has 110 valence electrons. The monoisotopic (exact) mass is 266 g/mol. The predicted molar refractivity (Wildman–Crippen MR) is 79.1 cm³/mol. The zero-order valence-electron chi connectivity index (χ0n) is 12.7. The Morgan fingerprint density at radius 3 is 2.42 bits per heavy atom. The molecule has 0 saturated carbocycles. The molecule has 2 heterocycles. The van der Waals surface area contributed by atoms with E-state index in [-0.39, 0.29) is 0 Å². The molecular formula is C16H30N2O. The lowest BCUT2D eigenvalue weighted by Gasteiger charge is -2.41. The maximum atomic E-state index is 12.3. The molecule has 2 aliphatic heterocycles. The molecule has 3 nitrogen and oxygen atoms in total. The van der Waals surface area contributed by atoms with E-state index in [1.54, 1.807) is 0 Å². The van der Waals surface area contributed by atoms with E-state index in [9.17, 15) is 4.79 Å². The highest BCUT2D eigenvalue weighted by atomic mass is 16.2. The number of hydrogen-bond donors (Lipinski definition) is 1. The lowest BCUT2D eigenvalue weighted by molar-refractivity contribution is -0.134. The van der Waals surface area contributed by atoms with Crippen molar-refractivity contribution in [2.75, 3.05) is 19.6 Å². The highest BCUT2D eigenvalue weighted by Gasteiger charge is 2.33. The number of likely N-dealkylation sites (tertiary alicyclic amines) is 1. The molecule has 0 spiro atoms. The summed E-state index contributed by atoms with van der Waals surface area (Å²) in [6.07, 6.45) is 9.35. The van der Waals surface area contributed by atoms with Gasteiger partial charge in [-0.25, -0.2) is 0 Å². The molecule has 2 fully saturated rings. The van der Waals surface area contributed by atoms with Crippen molar-refractivity contribution in [3.63, 3.8) is 0 Å². The van der Waals surface area contributed by atoms with E-state index >= 15 is 0 Å². The zero-order chi connectivity index (χ0) is 13.7. The van der Waals surface area contributed by atoms with Crippen LogP contribution in [-0.4, -0.2) is 36.5 Å². The Kier molecular flexibility index (Phi) is 5.26. The number of carbonyl (C=O) groups excluding carboxylic acids is 1. The van der Waals surface area contributed by atoms with Gasteiger partial charge in [-0.15, -0.1) is 0 Å². The van der Waals surface area contributed by atoms with E-state index in [1.165, 1.54) is 44.9 Å². The Morgan fingerprint density at radius 1 is 1.21 bits per heavy atom. The van der Waals surface area contributed by atoms with E-state index < -0.39 is 0 Å². The standard InChI is InChI=1S/C16H30N2O/c1-3-16(4-2)8-11-18(12-9-16)15(19)13-14-7-5-6-10-17-14/h14,17H,3-13H2,1-2H3. The van der Waals surface area contributed by atoms with Crippen LogP contribution in [-0.2, 0) is 4.79 Å². The summed E-state index contributed by atoms with van der Waals surface area (Å²) >= 11 is 0. The van der Waals surface area contributed by atoms with Crippen LogP contribution < -0.4 is 5.32 Å². The second-order valence-electron chi connectivity index (χ2n) is 6.44. The molecule has 1 N–H and O–H groups in total. The molecule has 1 atom stereocenters. The molecule has 0 radical (unpaired) electrons. The summed E-state index contributed by atoms with van der Waals surface area (Å²) in [5, 5.41) is 3.48. The van der Waals surface area contributed by atoms with Gasteiger partial charge in [0.2, 0.25) is 5.91 Å². The second kappa shape index (κ2) is 6.74. The first-order valence-electron chi connectivity index (χ1n) is 8.20. The number of rotatable bonds is 4. The third-order valence-corrected chi connectivity index (χ3v) is 5.51. The lowest BCUT2D eigenvalue weighted by atomic mass is 9.74. The van der Waals surface area contributed by atoms with Gasteiger partial charge < -0.3 is 10.2 Å². The van der Waals surface area contributed by atoms with Crippen LogP contribution in [0.5, 0.6) is 0 Å². The summed E-state index contributed by atoms with van der Waals surface area (Å²) in [5.74, 6) is 0.375. The smallest absolute Gasteiger partial charge is 0.224 e. The average molecular weight is 266 g/mol. The van der Waals surface area contributed by atoms with Gasteiger partial charge in [-0.1, -0.05) is 33.1 Å². The molecule has 0 aromatic carbocycles. The maximum absolute atomic E-state index is 12.3. The van der Waals surface area contributed by atoms with Gasteiger partial charge in [-0.2, -0.15) is 0 Å². The molecule has 2 rings (SSSR count). The van der Waals surface area contributed by atoms with Crippen LogP contribution in [0.25, 0.3) is 0 Å². The molecular weight excluding hydrogens is 236 g/mol. The van der Waals surface area contributed by atoms with Gasteiger partial charge in [0.05, 0.1) is 0 Å². The fourth-order valence-electron chi connectivity index (χ4n) is 3.63. The van der Waals surface area contributed by atoms with Crippen molar-refractivity contribution < 1.29 is 4.79 Å². The van der Waals surface area contributed by atoms with Gasteiger partial charge in [0.15, 0.2) is 0 Å². The minimum absolute atomic E-state index is 0.375. The van der Waals surface area contributed by atoms with Crippen LogP contribution >= 0.6 is 0 Å². The molecule has 3 heteroatoms. The van der Waals surface area contributed by atoms with Gasteiger partial charge >= 0.3 is 0 Å². The van der Waals surface area contributed by atoms with Gasteiger partial charge in [0, 0.05) is 25.6 Å². The van der Waals surface area contributed by atoms with Crippen LogP contribution in [0, 0.1) is 5.41 Å². The van der Waals surface area contributed by atoms with E-state index in [1.807, 2.05) is 0 Å². The number of amides is 1. The van der Waals surface area contributed by atoms with Gasteiger partial charge in [-0.3, -0.25) is 4.79 Å². The second-order valence-corrected chi connectivity index (χ2v) is 6.44. The first-order valence-corrected chi connectivity index (χ1v) is 8.20. The Bertz CT molecular complexity index is 283. The molecule has 0 aliphatic carbocycles. The summed E-state index contributed by atoms with van der Waals surface area (Å²) in [4.78, 5) is 14.5. The van der Waals surface area contributed by atoms with E-state index in [2.05, 4.69) is 24.1 Å². The molecule has 2 aliphatic rings. The third-order valence-electron chi connectivity index (χ3n) is 5.51. The van der Waals surface area contributed by atoms with Gasteiger partial charge in [0.1, 0.15) is 0 Å². The van der Waals surface area contributed by atoms with Crippen molar-refractivity contribution >= 4 is 5.91 Å². The first-order chi connectivity index (χ1) is 9.19. The number of nitrogens with one attached hydrogen (secondary N) is 1. The van der Waals surface area contributed by atoms with Gasteiger partial charge in [0.25, 0.3) is 0 Å². The van der Waals surface area contributed by atoms with Crippen molar-refractivity contribution in [3.8, 4) is 0 Å². The van der Waals surface area contributed by atoms with Crippen molar-refractivity contribution in [2.24, 2.45) is 5.41 Å². The fraction of sp³-hybridized carbons (Fsp3) is 0.938. The minimum Gasteiger partial charge on any atom is -0.343 e. The molecule has 0 aromatic heterocycles. The summed E-state index contributed by atoms with van der Waals surface area (Å²) in [7, 11) is 0. The van der Waals surface area contributed by atoms with Crippen LogP contribution in [0.3, 0.4) is 0 Å². The minimum atomic E-state index is 0.375. The molecule has 0 bridgehead atoms. The largest absolute Gasteiger partial charge is 0.343 e. The first kappa shape index (κ1) is 14.8. The third kappa shape index (κ3) is 3.71. The maximum Gasteiger partial charge on any atom is 0.224 e. The number of carbonyl (C=O) groups is 1. The average Bonchev–Trinajstić information content (AvgIpc) is 2.48. The summed E-state index contributed by atoms with van der Waals surface area (Å²) in [6.45, 7) is 7.65. The number of piperidine rings is 2. The lowest BCUT2D eigenvalue weighted by Crippen LogP contribution is -2.45. The molecule has 19 heavy (non-hydrogen) atoms. The summed E-state index contributed by atoms with van der Waals surface area (Å²) < 4.78 is 0. The quantitative estimate of drug-likeness (QED) is 0.848. The summed E-state index contributed by atoms with van der Waals surface area (Å²) in [6, 6.07) is 0.435. The van der Waals surface area contributed by atoms with Crippen molar-refractivity contribution in [3.05, 3.63) is 0 Å². The van der Waals surface area contributed by atoms with Crippen LogP contribution in [0.1, 0.15) is 65.2 Å². The predicted octanol–water partition coefficient (Wildman–Crippen LogP) is 2.95. The van der Waals surface area contributed by atoms with Crippen LogP contribution in [0.15, 0.2) is 0 Å². The highest BCUT2D eigenvalue weighted by molar-refractivity contribution is 5.77. The molecule has 0 aromatic rings. The number of nitrogens with zero attached hydrogens (tertiary/aromatic N) is 1. The number of hydrogen-bond acceptors (Lipinski definition) is 2. The van der Waals surface area contributed by atoms with Crippen molar-refractivity contribution in [1.82, 2.24) is 10.2 Å². The highest BCUT2D eigenvalue weighted by Crippen LogP contribution is 2.38. The summed E-state index contributed by atoms with van der Waals surface area (Å²) in [5.41, 5.74) is 0.514. The Hall–Kier alpha value is -0.570. The Balaban J connectivity index is 1.78. The molecule has 1 unspecified atom stereocenters. The zero-order valence-corrected chi connectivity index (χ0v) is 12.7. The fourth-order valence-corrected chi connectivity index (χ4v) is 3.63. The van der Waals surface area contributed by atoms with E-state index in [4.69, 9.17) is 0 Å². The molecule has 1 amide bonds. The van der Waals surface area contributed by atoms with Crippen molar-refractivity contribution in [1.29, 1.82) is 0 Å². The SMILES string of the molecule is CCC1(CC)CCN(C(=O)CC2CCCCN2)CC1. The van der Waals surface area contributed by atoms with E-state index in [0.717, 1.165) is 19.6 Å². The van der Waals surface area contributed by atoms with Crippen molar-refractivity contribution in [2.45, 2.75) is 71.3 Å². The Morgan fingerprint density at radius 2 is 1.89 bits per heavy atom. The topological polar surface area (TPSA) is 32.3 Å². The van der Waals surface area contributed by atoms with Crippen LogP contribution in [0.2, 0.25) is 0 Å². The van der Waals surface area contributed by atoms with Crippen LogP contribution in [0.4, 0.5) is 0 Å². The molecule has 2 saturated heterocycles.